The molecule has 0 bridgehead atoms. The maximum absolute atomic E-state index is 12.6. The molecule has 0 aliphatic rings. The number of ether oxygens (including phenoxy) is 1. The Morgan fingerprint density at radius 2 is 1.80 bits per heavy atom. The molecule has 5 nitrogen and oxygen atoms in total. The van der Waals surface area contributed by atoms with Gasteiger partial charge in [0.1, 0.15) is 22.9 Å². The normalized spacial score (nSPS) is 12.5. The van der Waals surface area contributed by atoms with Crippen LogP contribution >= 0.6 is 23.2 Å². The summed E-state index contributed by atoms with van der Waals surface area (Å²) in [6.45, 7) is 2.36. The maximum Gasteiger partial charge on any atom is 0.417 e. The molecule has 30 heavy (non-hydrogen) atoms. The lowest BCUT2D eigenvalue weighted by Crippen LogP contribution is -2.08. The summed E-state index contributed by atoms with van der Waals surface area (Å²) < 4.78 is 43.2. The quantitative estimate of drug-likeness (QED) is 0.423. The smallest absolute Gasteiger partial charge is 0.417 e. The maximum atomic E-state index is 12.6. The molecule has 10 heteroatoms. The lowest BCUT2D eigenvalue weighted by Gasteiger charge is -2.11. The number of pyridine rings is 1. The topological polar surface area (TPSA) is 59.9 Å². The van der Waals surface area contributed by atoms with Crippen LogP contribution in [0.25, 0.3) is 0 Å². The molecule has 0 radical (unpaired) electrons. The summed E-state index contributed by atoms with van der Waals surface area (Å²) in [4.78, 5) is 11.9. The highest BCUT2D eigenvalue weighted by atomic mass is 35.5. The average Bonchev–Trinajstić information content (AvgIpc) is 2.70. The molecule has 1 unspecified atom stereocenters. The van der Waals surface area contributed by atoms with Gasteiger partial charge in [-0.2, -0.15) is 13.2 Å². The zero-order valence-corrected chi connectivity index (χ0v) is 17.3. The molecule has 3 rings (SSSR count). The molecule has 0 aliphatic heterocycles. The standard InChI is InChI=1S/C20H17Cl2F3N4O/c1-12(21)18-17(22)19(29-11-28-18)26-9-8-13-2-5-15(6-3-13)30-16-7-4-14(10-27-16)20(23,24)25/h2-7,10-12H,8-9H2,1H3,(H,26,28,29). The van der Waals surface area contributed by atoms with Gasteiger partial charge in [-0.1, -0.05) is 23.7 Å². The molecule has 2 aromatic heterocycles. The number of aromatic nitrogens is 3. The van der Waals surface area contributed by atoms with Gasteiger partial charge in [0, 0.05) is 18.8 Å². The number of hydrogen-bond donors (Lipinski definition) is 1. The third-order valence-electron chi connectivity index (χ3n) is 4.11. The van der Waals surface area contributed by atoms with Crippen LogP contribution in [0.5, 0.6) is 11.6 Å². The number of hydrogen-bond acceptors (Lipinski definition) is 5. The Morgan fingerprint density at radius 3 is 2.40 bits per heavy atom. The Morgan fingerprint density at radius 1 is 1.07 bits per heavy atom. The van der Waals surface area contributed by atoms with Crippen molar-refractivity contribution in [1.29, 1.82) is 0 Å². The van der Waals surface area contributed by atoms with Gasteiger partial charge >= 0.3 is 6.18 Å². The van der Waals surface area contributed by atoms with E-state index in [9.17, 15) is 13.2 Å². The molecule has 1 aromatic carbocycles. The van der Waals surface area contributed by atoms with Gasteiger partial charge in [0.2, 0.25) is 5.88 Å². The molecule has 0 amide bonds. The van der Waals surface area contributed by atoms with E-state index in [1.54, 1.807) is 19.1 Å². The van der Waals surface area contributed by atoms with Crippen molar-refractivity contribution in [1.82, 2.24) is 15.0 Å². The number of nitrogens with zero attached hydrogens (tertiary/aromatic N) is 3. The van der Waals surface area contributed by atoms with Gasteiger partial charge in [-0.15, -0.1) is 11.6 Å². The van der Waals surface area contributed by atoms with Crippen molar-refractivity contribution < 1.29 is 17.9 Å². The first-order valence-electron chi connectivity index (χ1n) is 8.92. The summed E-state index contributed by atoms with van der Waals surface area (Å²) >= 11 is 12.3. The van der Waals surface area contributed by atoms with Crippen LogP contribution in [0.1, 0.15) is 29.1 Å². The summed E-state index contributed by atoms with van der Waals surface area (Å²) in [6.07, 6.45) is -1.60. The van der Waals surface area contributed by atoms with Gasteiger partial charge < -0.3 is 10.1 Å². The molecular formula is C20H17Cl2F3N4O. The Bertz CT molecular complexity index is 981. The second-order valence-electron chi connectivity index (χ2n) is 6.34. The van der Waals surface area contributed by atoms with Gasteiger partial charge in [-0.05, 0) is 37.1 Å². The van der Waals surface area contributed by atoms with Crippen LogP contribution in [0.15, 0.2) is 48.9 Å². The fraction of sp³-hybridized carbons (Fsp3) is 0.250. The highest BCUT2D eigenvalue weighted by Gasteiger charge is 2.30. The van der Waals surface area contributed by atoms with E-state index in [1.165, 1.54) is 12.4 Å². The lowest BCUT2D eigenvalue weighted by atomic mass is 10.1. The first-order chi connectivity index (χ1) is 14.2. The van der Waals surface area contributed by atoms with Crippen molar-refractivity contribution in [2.45, 2.75) is 24.9 Å². The third-order valence-corrected chi connectivity index (χ3v) is 4.69. The van der Waals surface area contributed by atoms with E-state index in [-0.39, 0.29) is 11.3 Å². The van der Waals surface area contributed by atoms with E-state index < -0.39 is 11.7 Å². The van der Waals surface area contributed by atoms with Crippen molar-refractivity contribution in [2.75, 3.05) is 11.9 Å². The van der Waals surface area contributed by atoms with Crippen LogP contribution in [-0.4, -0.2) is 21.5 Å². The summed E-state index contributed by atoms with van der Waals surface area (Å²) in [7, 11) is 0. The zero-order valence-electron chi connectivity index (χ0n) is 15.8. The monoisotopic (exact) mass is 456 g/mol. The van der Waals surface area contributed by atoms with Gasteiger partial charge in [0.15, 0.2) is 0 Å². The van der Waals surface area contributed by atoms with Crippen LogP contribution in [0.4, 0.5) is 19.0 Å². The second-order valence-corrected chi connectivity index (χ2v) is 7.38. The van der Waals surface area contributed by atoms with Crippen molar-refractivity contribution in [3.05, 3.63) is 70.8 Å². The van der Waals surface area contributed by atoms with Gasteiger partial charge in [0.25, 0.3) is 0 Å². The fourth-order valence-electron chi connectivity index (χ4n) is 2.56. The van der Waals surface area contributed by atoms with Crippen molar-refractivity contribution in [2.24, 2.45) is 0 Å². The van der Waals surface area contributed by atoms with Crippen molar-refractivity contribution in [3.8, 4) is 11.6 Å². The number of anilines is 1. The van der Waals surface area contributed by atoms with Crippen molar-refractivity contribution in [3.63, 3.8) is 0 Å². The summed E-state index contributed by atoms with van der Waals surface area (Å²) in [5.74, 6) is 1.07. The van der Waals surface area contributed by atoms with Crippen LogP contribution in [0.2, 0.25) is 5.02 Å². The first-order valence-corrected chi connectivity index (χ1v) is 9.74. The van der Waals surface area contributed by atoms with Gasteiger partial charge in [-0.3, -0.25) is 0 Å². The number of benzene rings is 1. The van der Waals surface area contributed by atoms with E-state index in [0.717, 1.165) is 17.8 Å². The Balaban J connectivity index is 1.54. The van der Waals surface area contributed by atoms with Crippen molar-refractivity contribution >= 4 is 29.0 Å². The highest BCUT2D eigenvalue weighted by molar-refractivity contribution is 6.34. The second kappa shape index (κ2) is 9.49. The van der Waals surface area contributed by atoms with Crippen LogP contribution in [-0.2, 0) is 12.6 Å². The van der Waals surface area contributed by atoms with E-state index in [4.69, 9.17) is 27.9 Å². The molecule has 0 saturated carbocycles. The average molecular weight is 457 g/mol. The summed E-state index contributed by atoms with van der Waals surface area (Å²) in [5, 5.41) is 3.22. The molecule has 2 heterocycles. The van der Waals surface area contributed by atoms with Gasteiger partial charge in [-0.25, -0.2) is 15.0 Å². The predicted molar refractivity (Wildman–Crippen MR) is 109 cm³/mol. The minimum atomic E-state index is -4.43. The highest BCUT2D eigenvalue weighted by Crippen LogP contribution is 2.31. The summed E-state index contributed by atoms with van der Waals surface area (Å²) in [6, 6.07) is 9.27. The molecule has 1 atom stereocenters. The van der Waals surface area contributed by atoms with Gasteiger partial charge in [0.05, 0.1) is 16.6 Å². The third kappa shape index (κ3) is 5.73. The summed E-state index contributed by atoms with van der Waals surface area (Å²) in [5.41, 5.74) is 0.759. The zero-order chi connectivity index (χ0) is 21.7. The predicted octanol–water partition coefficient (Wildman–Crippen LogP) is 6.29. The Hall–Kier alpha value is -2.58. The molecule has 3 aromatic rings. The SMILES string of the molecule is CC(Cl)c1ncnc(NCCc2ccc(Oc3ccc(C(F)(F)F)cn3)cc2)c1Cl. The number of rotatable bonds is 7. The van der Waals surface area contributed by atoms with E-state index in [1.807, 2.05) is 12.1 Å². The molecular weight excluding hydrogens is 440 g/mol. The first kappa shape index (κ1) is 22.1. The molecule has 0 aliphatic carbocycles. The molecule has 1 N–H and O–H groups in total. The molecule has 158 valence electrons. The van der Waals surface area contributed by atoms with E-state index in [2.05, 4.69) is 20.3 Å². The molecule has 0 fully saturated rings. The van der Waals surface area contributed by atoms with E-state index in [0.29, 0.717) is 35.2 Å². The minimum Gasteiger partial charge on any atom is -0.439 e. The number of alkyl halides is 4. The largest absolute Gasteiger partial charge is 0.439 e. The molecule has 0 spiro atoms. The van der Waals surface area contributed by atoms with Crippen LogP contribution in [0, 0.1) is 0 Å². The lowest BCUT2D eigenvalue weighted by molar-refractivity contribution is -0.137. The van der Waals surface area contributed by atoms with E-state index >= 15 is 0 Å². The fourth-order valence-corrected chi connectivity index (χ4v) is 3.11. The molecule has 0 saturated heterocycles. The van der Waals surface area contributed by atoms with Crippen LogP contribution in [0.3, 0.4) is 0 Å². The number of nitrogens with one attached hydrogen (secondary N) is 1. The van der Waals surface area contributed by atoms with Crippen LogP contribution < -0.4 is 10.1 Å². The number of halogens is 5. The Kier molecular flexibility index (Phi) is 6.99. The Labute approximate surface area is 181 Å². The minimum absolute atomic E-state index is 0.0835.